The molecule has 2 amide bonds. The van der Waals surface area contributed by atoms with E-state index in [-0.39, 0.29) is 18.4 Å². The summed E-state index contributed by atoms with van der Waals surface area (Å²) < 4.78 is 5.57. The van der Waals surface area contributed by atoms with Crippen molar-refractivity contribution >= 4 is 29.7 Å². The Hall–Kier alpha value is -3.00. The minimum Gasteiger partial charge on any atom is -0.480 e. The number of ether oxygens (including phenoxy) is 1. The van der Waals surface area contributed by atoms with Gasteiger partial charge in [-0.25, -0.2) is 4.79 Å². The van der Waals surface area contributed by atoms with Crippen molar-refractivity contribution in [3.63, 3.8) is 0 Å². The van der Waals surface area contributed by atoms with E-state index in [1.165, 1.54) is 16.7 Å². The van der Waals surface area contributed by atoms with Crippen LogP contribution in [0, 0.1) is 5.92 Å². The Morgan fingerprint density at radius 1 is 1.06 bits per heavy atom. The zero-order valence-electron chi connectivity index (χ0n) is 19.1. The first kappa shape index (κ1) is 24.6. The van der Waals surface area contributed by atoms with Gasteiger partial charge in [0, 0.05) is 18.2 Å². The number of hydrogen-bond donors (Lipinski definition) is 2. The number of carboxylic acid groups (broad SMARTS) is 1. The molecule has 0 aromatic heterocycles. The Bertz CT molecular complexity index is 964. The molecule has 0 bridgehead atoms. The second-order valence-electron chi connectivity index (χ2n) is 8.34. The Balaban J connectivity index is 1.68. The molecular formula is C25H30N2O5S. The van der Waals surface area contributed by atoms with Crippen molar-refractivity contribution in [3.05, 3.63) is 59.7 Å². The van der Waals surface area contributed by atoms with E-state index >= 15 is 0 Å². The van der Waals surface area contributed by atoms with E-state index in [0.29, 0.717) is 12.3 Å². The lowest BCUT2D eigenvalue weighted by atomic mass is 9.98. The van der Waals surface area contributed by atoms with Crippen molar-refractivity contribution in [3.8, 4) is 11.1 Å². The van der Waals surface area contributed by atoms with Gasteiger partial charge in [-0.15, -0.1) is 0 Å². The number of aliphatic carboxylic acids is 1. The van der Waals surface area contributed by atoms with Crippen molar-refractivity contribution in [2.75, 3.05) is 31.7 Å². The monoisotopic (exact) mass is 470 g/mol. The number of nitrogens with zero attached hydrogens (tertiary/aromatic N) is 1. The topological polar surface area (TPSA) is 95.9 Å². The van der Waals surface area contributed by atoms with Crippen LogP contribution in [0.1, 0.15) is 30.9 Å². The highest BCUT2D eigenvalue weighted by molar-refractivity contribution is 7.98. The molecule has 2 aromatic carbocycles. The lowest BCUT2D eigenvalue weighted by Crippen LogP contribution is -2.53. The van der Waals surface area contributed by atoms with Crippen LogP contribution >= 0.6 is 11.8 Å². The molecule has 1 aliphatic carbocycles. The third kappa shape index (κ3) is 5.87. The first-order chi connectivity index (χ1) is 15.8. The molecule has 0 saturated carbocycles. The third-order valence-corrected chi connectivity index (χ3v) is 6.34. The number of nitrogens with one attached hydrogen (secondary N) is 1. The fourth-order valence-corrected chi connectivity index (χ4v) is 4.51. The fourth-order valence-electron chi connectivity index (χ4n) is 4.11. The van der Waals surface area contributed by atoms with Gasteiger partial charge in [-0.1, -0.05) is 62.4 Å². The van der Waals surface area contributed by atoms with Crippen LogP contribution in [-0.2, 0) is 14.3 Å². The number of alkyl carbamates (subject to hydrolysis) is 1. The molecule has 33 heavy (non-hydrogen) atoms. The van der Waals surface area contributed by atoms with Crippen LogP contribution in [0.25, 0.3) is 11.1 Å². The summed E-state index contributed by atoms with van der Waals surface area (Å²) in [5.41, 5.74) is 4.48. The van der Waals surface area contributed by atoms with Gasteiger partial charge in [-0.3, -0.25) is 9.59 Å². The first-order valence-electron chi connectivity index (χ1n) is 10.9. The SMILES string of the molecule is CSCCN(CC(=O)O)C(=O)C(NC(=O)OCC1c2ccccc2-c2ccccc21)C(C)C. The summed E-state index contributed by atoms with van der Waals surface area (Å²) in [6.45, 7) is 3.64. The van der Waals surface area contributed by atoms with Crippen molar-refractivity contribution in [1.82, 2.24) is 10.2 Å². The molecule has 0 radical (unpaired) electrons. The average Bonchev–Trinajstić information content (AvgIpc) is 3.11. The van der Waals surface area contributed by atoms with Gasteiger partial charge in [-0.2, -0.15) is 11.8 Å². The second-order valence-corrected chi connectivity index (χ2v) is 9.32. The number of benzene rings is 2. The summed E-state index contributed by atoms with van der Waals surface area (Å²) in [6.07, 6.45) is 1.20. The molecule has 0 aliphatic heterocycles. The highest BCUT2D eigenvalue weighted by Crippen LogP contribution is 2.44. The van der Waals surface area contributed by atoms with Crippen molar-refractivity contribution in [2.45, 2.75) is 25.8 Å². The van der Waals surface area contributed by atoms with E-state index in [4.69, 9.17) is 4.74 Å². The third-order valence-electron chi connectivity index (χ3n) is 5.75. The van der Waals surface area contributed by atoms with Gasteiger partial charge in [0.1, 0.15) is 19.2 Å². The second kappa shape index (κ2) is 11.2. The van der Waals surface area contributed by atoms with Crippen LogP contribution < -0.4 is 5.32 Å². The van der Waals surface area contributed by atoms with Crippen LogP contribution in [0.4, 0.5) is 4.79 Å². The summed E-state index contributed by atoms with van der Waals surface area (Å²) in [5, 5.41) is 11.9. The lowest BCUT2D eigenvalue weighted by Gasteiger charge is -2.28. The van der Waals surface area contributed by atoms with Crippen LogP contribution in [0.15, 0.2) is 48.5 Å². The van der Waals surface area contributed by atoms with Gasteiger partial charge >= 0.3 is 12.1 Å². The smallest absolute Gasteiger partial charge is 0.407 e. The fraction of sp³-hybridized carbons (Fsp3) is 0.400. The zero-order valence-corrected chi connectivity index (χ0v) is 19.9. The van der Waals surface area contributed by atoms with Crippen LogP contribution in [0.3, 0.4) is 0 Å². The van der Waals surface area contributed by atoms with Gasteiger partial charge in [0.05, 0.1) is 0 Å². The molecule has 176 valence electrons. The van der Waals surface area contributed by atoms with Crippen LogP contribution in [-0.4, -0.2) is 65.7 Å². The Labute approximate surface area is 198 Å². The maximum atomic E-state index is 13.0. The minimum absolute atomic E-state index is 0.0820. The Morgan fingerprint density at radius 2 is 1.64 bits per heavy atom. The Morgan fingerprint density at radius 3 is 2.15 bits per heavy atom. The predicted molar refractivity (Wildman–Crippen MR) is 129 cm³/mol. The predicted octanol–water partition coefficient (Wildman–Crippen LogP) is 3.83. The molecule has 0 spiro atoms. The minimum atomic E-state index is -1.09. The van der Waals surface area contributed by atoms with Gasteiger partial charge in [-0.05, 0) is 34.4 Å². The molecular weight excluding hydrogens is 440 g/mol. The molecule has 1 unspecified atom stereocenters. The van der Waals surface area contributed by atoms with Crippen molar-refractivity contribution in [1.29, 1.82) is 0 Å². The summed E-state index contributed by atoms with van der Waals surface area (Å²) >= 11 is 1.52. The molecule has 0 fully saturated rings. The van der Waals surface area contributed by atoms with Crippen molar-refractivity contribution in [2.24, 2.45) is 5.92 Å². The van der Waals surface area contributed by atoms with Crippen LogP contribution in [0.2, 0.25) is 0 Å². The van der Waals surface area contributed by atoms with Gasteiger partial charge < -0.3 is 20.1 Å². The maximum absolute atomic E-state index is 13.0. The summed E-state index contributed by atoms with van der Waals surface area (Å²) in [6, 6.07) is 15.2. The van der Waals surface area contributed by atoms with E-state index < -0.39 is 30.6 Å². The standard InChI is InChI=1S/C25H30N2O5S/c1-16(2)23(24(30)27(12-13-33-3)14-22(28)29)26-25(31)32-15-21-19-10-6-4-8-17(19)18-9-5-7-11-20(18)21/h4-11,16,21,23H,12-15H2,1-3H3,(H,26,31)(H,28,29). The lowest BCUT2D eigenvalue weighted by molar-refractivity contribution is -0.145. The molecule has 3 rings (SSSR count). The highest BCUT2D eigenvalue weighted by Gasteiger charge is 2.32. The van der Waals surface area contributed by atoms with E-state index in [1.54, 1.807) is 13.8 Å². The molecule has 7 nitrogen and oxygen atoms in total. The zero-order chi connectivity index (χ0) is 24.0. The summed E-state index contributed by atoms with van der Waals surface area (Å²) in [7, 11) is 0. The molecule has 2 N–H and O–H groups in total. The largest absolute Gasteiger partial charge is 0.480 e. The number of carboxylic acids is 1. The number of carbonyl (C=O) groups is 3. The van der Waals surface area contributed by atoms with E-state index in [2.05, 4.69) is 17.4 Å². The summed E-state index contributed by atoms with van der Waals surface area (Å²) in [5.74, 6) is -1.22. The van der Waals surface area contributed by atoms with Gasteiger partial charge in [0.2, 0.25) is 5.91 Å². The molecule has 0 saturated heterocycles. The van der Waals surface area contributed by atoms with E-state index in [1.807, 2.05) is 42.7 Å². The van der Waals surface area contributed by atoms with E-state index in [0.717, 1.165) is 22.3 Å². The highest BCUT2D eigenvalue weighted by atomic mass is 32.2. The molecule has 0 heterocycles. The number of amides is 2. The Kier molecular flexibility index (Phi) is 8.38. The molecule has 1 atom stereocenters. The molecule has 2 aromatic rings. The quantitative estimate of drug-likeness (QED) is 0.548. The normalized spacial score (nSPS) is 13.2. The van der Waals surface area contributed by atoms with E-state index in [9.17, 15) is 19.5 Å². The number of thioether (sulfide) groups is 1. The number of hydrogen-bond acceptors (Lipinski definition) is 5. The van der Waals surface area contributed by atoms with Gasteiger partial charge in [0.15, 0.2) is 0 Å². The molecule has 8 heteroatoms. The first-order valence-corrected chi connectivity index (χ1v) is 12.3. The van der Waals surface area contributed by atoms with Gasteiger partial charge in [0.25, 0.3) is 0 Å². The maximum Gasteiger partial charge on any atom is 0.407 e. The molecule has 1 aliphatic rings. The van der Waals surface area contributed by atoms with Crippen molar-refractivity contribution < 1.29 is 24.2 Å². The number of carbonyl (C=O) groups excluding carboxylic acids is 2. The number of rotatable bonds is 10. The van der Waals surface area contributed by atoms with Crippen LogP contribution in [0.5, 0.6) is 0 Å². The average molecular weight is 471 g/mol. The number of fused-ring (bicyclic) bond motifs is 3. The summed E-state index contributed by atoms with van der Waals surface area (Å²) in [4.78, 5) is 38.2.